The van der Waals surface area contributed by atoms with Crippen LogP contribution in [0.3, 0.4) is 0 Å². The van der Waals surface area contributed by atoms with E-state index >= 15 is 0 Å². The number of ketones is 2. The third-order valence-electron chi connectivity index (χ3n) is 11.9. The van der Waals surface area contributed by atoms with Crippen LogP contribution in [0.4, 0.5) is 0 Å². The van der Waals surface area contributed by atoms with Gasteiger partial charge in [-0.25, -0.2) is 0 Å². The molecule has 2 N–H and O–H groups in total. The fourth-order valence-corrected chi connectivity index (χ4v) is 10.3. The van der Waals surface area contributed by atoms with Crippen molar-refractivity contribution in [3.8, 4) is 0 Å². The quantitative estimate of drug-likeness (QED) is 0.345. The van der Waals surface area contributed by atoms with Gasteiger partial charge in [0.05, 0.1) is 11.9 Å². The maximum Gasteiger partial charge on any atom is 0.167 e. The molecule has 0 aromatic carbocycles. The summed E-state index contributed by atoms with van der Waals surface area (Å²) in [6.07, 6.45) is 8.76. The summed E-state index contributed by atoms with van der Waals surface area (Å²) >= 11 is 0. The highest BCUT2D eigenvalue weighted by atomic mass is 16.3. The lowest BCUT2D eigenvalue weighted by Gasteiger charge is -2.68. The van der Waals surface area contributed by atoms with Crippen molar-refractivity contribution in [2.75, 3.05) is 0 Å². The highest BCUT2D eigenvalue weighted by molar-refractivity contribution is 6.00. The first-order valence-corrected chi connectivity index (χ1v) is 13.3. The van der Waals surface area contributed by atoms with Crippen LogP contribution < -0.4 is 0 Å². The normalized spacial score (nSPS) is 51.8. The van der Waals surface area contributed by atoms with Crippen molar-refractivity contribution >= 4 is 11.6 Å². The first-order chi connectivity index (χ1) is 15.2. The van der Waals surface area contributed by atoms with Crippen molar-refractivity contribution in [1.29, 1.82) is 0 Å². The van der Waals surface area contributed by atoms with Gasteiger partial charge in [-0.15, -0.1) is 0 Å². The van der Waals surface area contributed by atoms with Crippen LogP contribution in [0.2, 0.25) is 0 Å². The van der Waals surface area contributed by atoms with E-state index in [2.05, 4.69) is 27.7 Å². The minimum absolute atomic E-state index is 0.0315. The highest BCUT2D eigenvalue weighted by Crippen LogP contribution is 2.71. The summed E-state index contributed by atoms with van der Waals surface area (Å²) in [5, 5.41) is 21.6. The molecule has 8 atom stereocenters. The van der Waals surface area contributed by atoms with E-state index < -0.39 is 11.0 Å². The van der Waals surface area contributed by atoms with Crippen LogP contribution in [-0.2, 0) is 9.59 Å². The van der Waals surface area contributed by atoms with E-state index in [0.29, 0.717) is 30.1 Å². The molecule has 0 heterocycles. The minimum atomic E-state index is -0.678. The number of hydrogen-bond donors (Lipinski definition) is 2. The molecule has 184 valence electrons. The van der Waals surface area contributed by atoms with E-state index in [0.717, 1.165) is 51.2 Å². The Morgan fingerprint density at radius 3 is 2.21 bits per heavy atom. The van der Waals surface area contributed by atoms with Crippen LogP contribution in [0, 0.1) is 51.2 Å². The molecule has 5 rings (SSSR count). The van der Waals surface area contributed by atoms with E-state index in [1.54, 1.807) is 0 Å². The largest absolute Gasteiger partial charge is 0.515 e. The lowest BCUT2D eigenvalue weighted by molar-refractivity contribution is -0.212. The molecule has 33 heavy (non-hydrogen) atoms. The van der Waals surface area contributed by atoms with Gasteiger partial charge >= 0.3 is 0 Å². The molecule has 0 aromatic rings. The van der Waals surface area contributed by atoms with E-state index in [1.165, 1.54) is 0 Å². The number of fused-ring (bicyclic) bond motifs is 7. The van der Waals surface area contributed by atoms with Gasteiger partial charge in [0, 0.05) is 23.3 Å². The van der Waals surface area contributed by atoms with Crippen LogP contribution in [0.5, 0.6) is 0 Å². The topological polar surface area (TPSA) is 74.6 Å². The number of carbonyl (C=O) groups is 2. The molecule has 5 aliphatic rings. The summed E-state index contributed by atoms with van der Waals surface area (Å²) in [6, 6.07) is 0. The summed E-state index contributed by atoms with van der Waals surface area (Å²) in [5.74, 6) is 1.21. The minimum Gasteiger partial charge on any atom is -0.515 e. The molecule has 4 heteroatoms. The first-order valence-electron chi connectivity index (χ1n) is 13.3. The lowest BCUT2D eigenvalue weighted by Crippen LogP contribution is -2.66. The van der Waals surface area contributed by atoms with Crippen LogP contribution in [0.1, 0.15) is 99.3 Å². The van der Waals surface area contributed by atoms with Crippen molar-refractivity contribution in [3.05, 3.63) is 11.8 Å². The second kappa shape index (κ2) is 6.95. The highest BCUT2D eigenvalue weighted by Gasteiger charge is 2.68. The standard InChI is InChI=1S/C29H44O4/c1-25(2)11-12-29(33)10-7-18-23(19(29)15-25)20(31)13-22-27(18,5)9-8-21-26(3,4)24(32)17(16-30)14-28(21,22)6/h16,18-19,21-23,30,33H,7-15H2,1-6H3/b17-16+/t18?,19?,21-,22-,23?,27-,28-,29+/m0/s1. The fourth-order valence-electron chi connectivity index (χ4n) is 10.3. The van der Waals surface area contributed by atoms with Gasteiger partial charge in [-0.2, -0.15) is 0 Å². The van der Waals surface area contributed by atoms with Gasteiger partial charge in [-0.3, -0.25) is 9.59 Å². The molecule has 0 bridgehead atoms. The molecule has 5 fully saturated rings. The molecule has 0 aromatic heterocycles. The van der Waals surface area contributed by atoms with Gasteiger partial charge in [0.1, 0.15) is 5.78 Å². The fraction of sp³-hybridized carbons (Fsp3) is 0.862. The van der Waals surface area contributed by atoms with Crippen LogP contribution >= 0.6 is 0 Å². The van der Waals surface area contributed by atoms with Crippen LogP contribution in [-0.4, -0.2) is 27.4 Å². The number of allylic oxidation sites excluding steroid dienone is 1. The molecule has 5 aliphatic carbocycles. The van der Waals surface area contributed by atoms with Gasteiger partial charge in [-0.1, -0.05) is 41.5 Å². The summed E-state index contributed by atoms with van der Waals surface area (Å²) in [5.41, 5.74) is -0.645. The monoisotopic (exact) mass is 456 g/mol. The van der Waals surface area contributed by atoms with Crippen molar-refractivity contribution in [1.82, 2.24) is 0 Å². The van der Waals surface area contributed by atoms with Gasteiger partial charge < -0.3 is 10.2 Å². The summed E-state index contributed by atoms with van der Waals surface area (Å²) in [4.78, 5) is 27.1. The third kappa shape index (κ3) is 3.04. The SMILES string of the molecule is CC1(C)CC[C@]2(O)CCC3C(C(=O)C[C@@H]4[C@@]5(C)C/C(=C\O)C(=O)C(C)(C)[C@@H]5CC[C@@]34C)C2C1. The summed E-state index contributed by atoms with van der Waals surface area (Å²) < 4.78 is 0. The number of Topliss-reactive ketones (excluding diaryl/α,β-unsaturated/α-hetero) is 2. The molecule has 0 amide bonds. The van der Waals surface area contributed by atoms with Gasteiger partial charge in [-0.05, 0) is 91.3 Å². The number of carbonyl (C=O) groups excluding carboxylic acids is 2. The maximum atomic E-state index is 14.0. The smallest absolute Gasteiger partial charge is 0.167 e. The second-order valence-corrected chi connectivity index (χ2v) is 14.5. The Hall–Kier alpha value is -1.16. The number of aliphatic hydroxyl groups excluding tert-OH is 1. The van der Waals surface area contributed by atoms with E-state index in [1.807, 2.05) is 13.8 Å². The summed E-state index contributed by atoms with van der Waals surface area (Å²) in [7, 11) is 0. The Morgan fingerprint density at radius 2 is 1.55 bits per heavy atom. The molecule has 5 saturated carbocycles. The second-order valence-electron chi connectivity index (χ2n) is 14.5. The van der Waals surface area contributed by atoms with E-state index in [-0.39, 0.29) is 45.7 Å². The zero-order valence-electron chi connectivity index (χ0n) is 21.5. The van der Waals surface area contributed by atoms with Crippen molar-refractivity contribution in [3.63, 3.8) is 0 Å². The predicted molar refractivity (Wildman–Crippen MR) is 128 cm³/mol. The molecule has 0 saturated heterocycles. The Balaban J connectivity index is 1.55. The first kappa shape index (κ1) is 23.6. The van der Waals surface area contributed by atoms with Crippen molar-refractivity contribution < 1.29 is 19.8 Å². The van der Waals surface area contributed by atoms with Crippen LogP contribution in [0.15, 0.2) is 11.8 Å². The van der Waals surface area contributed by atoms with Gasteiger partial charge in [0.25, 0.3) is 0 Å². The number of rotatable bonds is 0. The van der Waals surface area contributed by atoms with E-state index in [9.17, 15) is 19.8 Å². The van der Waals surface area contributed by atoms with Crippen molar-refractivity contribution in [2.45, 2.75) is 105 Å². The number of hydrogen-bond acceptors (Lipinski definition) is 4. The average Bonchev–Trinajstić information content (AvgIpc) is 2.72. The van der Waals surface area contributed by atoms with Crippen LogP contribution in [0.25, 0.3) is 0 Å². The lowest BCUT2D eigenvalue weighted by atomic mass is 9.35. The molecule has 4 nitrogen and oxygen atoms in total. The van der Waals surface area contributed by atoms with E-state index in [4.69, 9.17) is 0 Å². The Morgan fingerprint density at radius 1 is 0.848 bits per heavy atom. The average molecular weight is 457 g/mol. The molecule has 0 radical (unpaired) electrons. The van der Waals surface area contributed by atoms with Crippen molar-refractivity contribution in [2.24, 2.45) is 51.2 Å². The predicted octanol–water partition coefficient (Wildman–Crippen LogP) is 6.02. The Kier molecular flexibility index (Phi) is 4.97. The third-order valence-corrected chi connectivity index (χ3v) is 11.9. The molecule has 3 unspecified atom stereocenters. The molecular weight excluding hydrogens is 412 g/mol. The Labute approximate surface area is 199 Å². The summed E-state index contributed by atoms with van der Waals surface area (Å²) in [6.45, 7) is 13.4. The molecule has 0 aliphatic heterocycles. The zero-order chi connectivity index (χ0) is 24.2. The molecule has 0 spiro atoms. The number of aliphatic hydroxyl groups is 2. The Bertz CT molecular complexity index is 915. The van der Waals surface area contributed by atoms with Gasteiger partial charge in [0.2, 0.25) is 0 Å². The van der Waals surface area contributed by atoms with Gasteiger partial charge in [0.15, 0.2) is 5.78 Å². The maximum absolute atomic E-state index is 14.0. The zero-order valence-corrected chi connectivity index (χ0v) is 21.5. The molecular formula is C29H44O4.